The van der Waals surface area contributed by atoms with Crippen LogP contribution in [0.15, 0.2) is 30.3 Å². The summed E-state index contributed by atoms with van der Waals surface area (Å²) in [7, 11) is 0. The number of imide groups is 1. The fraction of sp³-hybridized carbons (Fsp3) is 0.375. The fourth-order valence-electron chi connectivity index (χ4n) is 2.75. The van der Waals surface area contributed by atoms with Crippen LogP contribution in [0.2, 0.25) is 0 Å². The molecule has 1 aliphatic rings. The Bertz CT molecular complexity index is 650. The van der Waals surface area contributed by atoms with E-state index >= 15 is 0 Å². The normalized spacial score (nSPS) is 22.5. The number of nitriles is 1. The second kappa shape index (κ2) is 5.98. The van der Waals surface area contributed by atoms with Gasteiger partial charge < -0.3 is 5.73 Å². The monoisotopic (exact) mass is 299 g/mol. The van der Waals surface area contributed by atoms with Crippen LogP contribution in [0.5, 0.6) is 0 Å². The highest BCUT2D eigenvalue weighted by Crippen LogP contribution is 2.41. The summed E-state index contributed by atoms with van der Waals surface area (Å²) in [6.45, 7) is 1.73. The first-order valence-corrected chi connectivity index (χ1v) is 6.99. The second-order valence-electron chi connectivity index (χ2n) is 5.60. The Morgan fingerprint density at radius 1 is 1.41 bits per heavy atom. The van der Waals surface area contributed by atoms with Gasteiger partial charge in [-0.2, -0.15) is 5.26 Å². The Morgan fingerprint density at radius 3 is 2.59 bits per heavy atom. The first-order chi connectivity index (χ1) is 10.4. The fourth-order valence-corrected chi connectivity index (χ4v) is 2.75. The molecule has 114 valence electrons. The molecule has 0 saturated carbocycles. The number of rotatable bonds is 5. The molecule has 3 amide bonds. The number of primary amides is 1. The summed E-state index contributed by atoms with van der Waals surface area (Å²) in [5, 5.41) is 9.47. The van der Waals surface area contributed by atoms with Gasteiger partial charge in [0.1, 0.15) is 5.41 Å². The molecule has 1 aliphatic heterocycles. The number of carbonyl (C=O) groups is 3. The molecular weight excluding hydrogens is 282 g/mol. The number of hydrogen-bond acceptors (Lipinski definition) is 4. The van der Waals surface area contributed by atoms with E-state index in [-0.39, 0.29) is 19.4 Å². The van der Waals surface area contributed by atoms with Gasteiger partial charge in [-0.15, -0.1) is 0 Å². The summed E-state index contributed by atoms with van der Waals surface area (Å²) >= 11 is 0. The zero-order valence-corrected chi connectivity index (χ0v) is 12.3. The van der Waals surface area contributed by atoms with Crippen molar-refractivity contribution in [2.75, 3.05) is 0 Å². The number of nitrogens with two attached hydrogens (primary N) is 1. The van der Waals surface area contributed by atoms with Gasteiger partial charge in [0.05, 0.1) is 19.0 Å². The van der Waals surface area contributed by atoms with Crippen LogP contribution in [0.4, 0.5) is 0 Å². The third-order valence-electron chi connectivity index (χ3n) is 4.09. The molecular formula is C16H17N3O3. The smallest absolute Gasteiger partial charge is 0.250 e. The molecule has 1 saturated heterocycles. The van der Waals surface area contributed by atoms with Crippen molar-refractivity contribution in [1.29, 1.82) is 5.26 Å². The van der Waals surface area contributed by atoms with Crippen LogP contribution in [-0.2, 0) is 20.9 Å². The summed E-state index contributed by atoms with van der Waals surface area (Å²) in [5.74, 6) is -2.14. The molecule has 0 bridgehead atoms. The average Bonchev–Trinajstić information content (AvgIpc) is 2.73. The Kier molecular flexibility index (Phi) is 4.27. The molecule has 0 aliphatic carbocycles. The van der Waals surface area contributed by atoms with Gasteiger partial charge in [0, 0.05) is 6.42 Å². The summed E-state index contributed by atoms with van der Waals surface area (Å²) in [4.78, 5) is 37.0. The highest BCUT2D eigenvalue weighted by molar-refractivity contribution is 6.07. The van der Waals surface area contributed by atoms with Crippen molar-refractivity contribution in [3.63, 3.8) is 0 Å². The Hall–Kier alpha value is -2.68. The summed E-state index contributed by atoms with van der Waals surface area (Å²) in [6, 6.07) is 11.0. The minimum Gasteiger partial charge on any atom is -0.370 e. The van der Waals surface area contributed by atoms with E-state index in [2.05, 4.69) is 0 Å². The van der Waals surface area contributed by atoms with Crippen LogP contribution in [-0.4, -0.2) is 22.6 Å². The standard InChI is InChI=1S/C16H17N3O3/c1-11(7-13(18)20)16(10-17)8-14(21)19(15(16)22)9-12-5-3-2-4-6-12/h2-6,11H,7-9H2,1H3,(H2,18,20). The van der Waals surface area contributed by atoms with Gasteiger partial charge in [-0.05, 0) is 11.5 Å². The average molecular weight is 299 g/mol. The molecule has 1 aromatic carbocycles. The van der Waals surface area contributed by atoms with Crippen molar-refractivity contribution in [1.82, 2.24) is 4.90 Å². The molecule has 2 atom stereocenters. The highest BCUT2D eigenvalue weighted by Gasteiger charge is 2.55. The van der Waals surface area contributed by atoms with Gasteiger partial charge >= 0.3 is 0 Å². The molecule has 22 heavy (non-hydrogen) atoms. The van der Waals surface area contributed by atoms with Gasteiger partial charge in [-0.1, -0.05) is 37.3 Å². The SMILES string of the molecule is CC(CC(N)=O)C1(C#N)CC(=O)N(Cc2ccccc2)C1=O. The van der Waals surface area contributed by atoms with E-state index < -0.39 is 29.1 Å². The molecule has 6 heteroatoms. The van der Waals surface area contributed by atoms with Crippen LogP contribution in [0.1, 0.15) is 25.3 Å². The van der Waals surface area contributed by atoms with Crippen molar-refractivity contribution < 1.29 is 14.4 Å². The van der Waals surface area contributed by atoms with E-state index in [0.717, 1.165) is 10.5 Å². The first-order valence-electron chi connectivity index (χ1n) is 6.99. The molecule has 2 N–H and O–H groups in total. The predicted molar refractivity (Wildman–Crippen MR) is 77.6 cm³/mol. The molecule has 0 radical (unpaired) electrons. The van der Waals surface area contributed by atoms with E-state index in [1.807, 2.05) is 24.3 Å². The zero-order valence-electron chi connectivity index (χ0n) is 12.3. The first kappa shape index (κ1) is 15.7. The lowest BCUT2D eigenvalue weighted by molar-refractivity contribution is -0.141. The Labute approximate surface area is 128 Å². The number of likely N-dealkylation sites (tertiary alicyclic amines) is 1. The van der Waals surface area contributed by atoms with E-state index in [4.69, 9.17) is 5.73 Å². The molecule has 0 aromatic heterocycles. The van der Waals surface area contributed by atoms with E-state index in [9.17, 15) is 19.6 Å². The quantitative estimate of drug-likeness (QED) is 0.818. The van der Waals surface area contributed by atoms with Gasteiger partial charge in [-0.25, -0.2) is 0 Å². The Balaban J connectivity index is 2.26. The van der Waals surface area contributed by atoms with E-state index in [1.165, 1.54) is 0 Å². The number of amides is 3. The van der Waals surface area contributed by atoms with Gasteiger partial charge in [-0.3, -0.25) is 19.3 Å². The maximum absolute atomic E-state index is 12.6. The molecule has 0 spiro atoms. The van der Waals surface area contributed by atoms with Crippen LogP contribution in [0, 0.1) is 22.7 Å². The lowest BCUT2D eigenvalue weighted by Crippen LogP contribution is -2.39. The van der Waals surface area contributed by atoms with Gasteiger partial charge in [0.25, 0.3) is 5.91 Å². The maximum atomic E-state index is 12.6. The molecule has 6 nitrogen and oxygen atoms in total. The van der Waals surface area contributed by atoms with Gasteiger partial charge in [0.15, 0.2) is 0 Å². The molecule has 1 fully saturated rings. The maximum Gasteiger partial charge on any atom is 0.250 e. The van der Waals surface area contributed by atoms with Crippen molar-refractivity contribution in [2.24, 2.45) is 17.1 Å². The number of hydrogen-bond donors (Lipinski definition) is 1. The second-order valence-corrected chi connectivity index (χ2v) is 5.60. The third-order valence-corrected chi connectivity index (χ3v) is 4.09. The van der Waals surface area contributed by atoms with Crippen LogP contribution in [0.3, 0.4) is 0 Å². The van der Waals surface area contributed by atoms with Crippen molar-refractivity contribution >= 4 is 17.7 Å². The predicted octanol–water partition coefficient (Wildman–Crippen LogP) is 0.967. The summed E-state index contributed by atoms with van der Waals surface area (Å²) in [6.07, 6.45) is -0.310. The lowest BCUT2D eigenvalue weighted by atomic mass is 9.74. The zero-order chi connectivity index (χ0) is 16.3. The largest absolute Gasteiger partial charge is 0.370 e. The molecule has 1 aromatic rings. The summed E-state index contributed by atoms with van der Waals surface area (Å²) in [5.41, 5.74) is 4.46. The lowest BCUT2D eigenvalue weighted by Gasteiger charge is -2.25. The van der Waals surface area contributed by atoms with Crippen molar-refractivity contribution in [2.45, 2.75) is 26.3 Å². The van der Waals surface area contributed by atoms with Crippen LogP contribution in [0.25, 0.3) is 0 Å². The van der Waals surface area contributed by atoms with Crippen molar-refractivity contribution in [3.8, 4) is 6.07 Å². The highest BCUT2D eigenvalue weighted by atomic mass is 16.2. The topological polar surface area (TPSA) is 104 Å². The minimum atomic E-state index is -1.50. The summed E-state index contributed by atoms with van der Waals surface area (Å²) < 4.78 is 0. The van der Waals surface area contributed by atoms with E-state index in [0.29, 0.717) is 0 Å². The van der Waals surface area contributed by atoms with Crippen LogP contribution >= 0.6 is 0 Å². The Morgan fingerprint density at radius 2 is 2.05 bits per heavy atom. The number of carbonyl (C=O) groups excluding carboxylic acids is 3. The minimum absolute atomic E-state index is 0.105. The molecule has 2 unspecified atom stereocenters. The molecule has 2 rings (SSSR count). The molecule has 1 heterocycles. The third kappa shape index (κ3) is 2.70. The van der Waals surface area contributed by atoms with Gasteiger partial charge in [0.2, 0.25) is 11.8 Å². The number of nitrogens with zero attached hydrogens (tertiary/aromatic N) is 2. The van der Waals surface area contributed by atoms with Crippen molar-refractivity contribution in [3.05, 3.63) is 35.9 Å². The number of benzene rings is 1. The van der Waals surface area contributed by atoms with Crippen LogP contribution < -0.4 is 5.73 Å². The van der Waals surface area contributed by atoms with E-state index in [1.54, 1.807) is 19.1 Å².